The molecule has 1 aliphatic rings. The molecule has 0 aromatic heterocycles. The van der Waals surface area contributed by atoms with Gasteiger partial charge in [-0.15, -0.1) is 0 Å². The number of carbonyl (C=O) groups is 2. The van der Waals surface area contributed by atoms with Gasteiger partial charge in [-0.3, -0.25) is 14.5 Å². The van der Waals surface area contributed by atoms with Gasteiger partial charge < -0.3 is 15.0 Å². The molecule has 148 valence electrons. The van der Waals surface area contributed by atoms with E-state index in [0.717, 1.165) is 6.42 Å². The van der Waals surface area contributed by atoms with E-state index in [1.165, 1.54) is 0 Å². The van der Waals surface area contributed by atoms with Gasteiger partial charge in [0, 0.05) is 31.7 Å². The monoisotopic (exact) mass is 381 g/mol. The van der Waals surface area contributed by atoms with Crippen molar-refractivity contribution in [2.24, 2.45) is 0 Å². The van der Waals surface area contributed by atoms with Crippen LogP contribution in [0.25, 0.3) is 0 Å². The molecule has 1 heterocycles. The largest absolute Gasteiger partial charge is 0.491 e. The van der Waals surface area contributed by atoms with Crippen LogP contribution in [-0.2, 0) is 4.79 Å². The van der Waals surface area contributed by atoms with Gasteiger partial charge in [-0.05, 0) is 30.7 Å². The van der Waals surface area contributed by atoms with Crippen LogP contribution in [0.3, 0.4) is 0 Å². The second kappa shape index (κ2) is 9.90. The second-order valence-electron chi connectivity index (χ2n) is 6.83. The van der Waals surface area contributed by atoms with Crippen molar-refractivity contribution in [3.8, 4) is 5.75 Å². The SMILES string of the molecule is CCCOc1ccccc1NC(=O)CN1CCN(C(=O)c2ccccc2)CC1. The first-order valence-electron chi connectivity index (χ1n) is 9.75. The van der Waals surface area contributed by atoms with Gasteiger partial charge in [-0.1, -0.05) is 37.3 Å². The molecule has 0 saturated carbocycles. The van der Waals surface area contributed by atoms with E-state index in [4.69, 9.17) is 4.74 Å². The molecule has 1 fully saturated rings. The Morgan fingerprint density at radius 3 is 2.36 bits per heavy atom. The summed E-state index contributed by atoms with van der Waals surface area (Å²) < 4.78 is 5.69. The third kappa shape index (κ3) is 5.33. The molecule has 1 saturated heterocycles. The highest BCUT2D eigenvalue weighted by Crippen LogP contribution is 2.23. The Labute approximate surface area is 166 Å². The van der Waals surface area contributed by atoms with E-state index in [1.54, 1.807) is 0 Å². The van der Waals surface area contributed by atoms with Crippen LogP contribution in [0.4, 0.5) is 5.69 Å². The van der Waals surface area contributed by atoms with Gasteiger partial charge in [-0.25, -0.2) is 0 Å². The number of hydrogen-bond donors (Lipinski definition) is 1. The molecule has 1 N–H and O–H groups in total. The number of hydrogen-bond acceptors (Lipinski definition) is 4. The molecular weight excluding hydrogens is 354 g/mol. The summed E-state index contributed by atoms with van der Waals surface area (Å²) in [5.74, 6) is 0.665. The van der Waals surface area contributed by atoms with Crippen molar-refractivity contribution < 1.29 is 14.3 Å². The van der Waals surface area contributed by atoms with Crippen molar-refractivity contribution in [3.05, 3.63) is 60.2 Å². The standard InChI is InChI=1S/C22H27N3O3/c1-2-16-28-20-11-7-6-10-19(20)23-21(26)17-24-12-14-25(15-13-24)22(27)18-8-4-3-5-9-18/h3-11H,2,12-17H2,1H3,(H,23,26). The van der Waals surface area contributed by atoms with E-state index < -0.39 is 0 Å². The van der Waals surface area contributed by atoms with Crippen LogP contribution < -0.4 is 10.1 Å². The predicted molar refractivity (Wildman–Crippen MR) is 110 cm³/mol. The number of piperazine rings is 1. The molecule has 2 aromatic carbocycles. The normalized spacial score (nSPS) is 14.5. The molecule has 0 unspecified atom stereocenters. The molecular formula is C22H27N3O3. The molecule has 0 aliphatic carbocycles. The summed E-state index contributed by atoms with van der Waals surface area (Å²) >= 11 is 0. The Hall–Kier alpha value is -2.86. The van der Waals surface area contributed by atoms with Gasteiger partial charge in [0.25, 0.3) is 5.91 Å². The molecule has 3 rings (SSSR count). The molecule has 2 amide bonds. The van der Waals surface area contributed by atoms with E-state index >= 15 is 0 Å². The number of ether oxygens (including phenoxy) is 1. The van der Waals surface area contributed by atoms with Crippen LogP contribution in [0.2, 0.25) is 0 Å². The van der Waals surface area contributed by atoms with Crippen LogP contribution in [-0.4, -0.2) is 60.9 Å². The molecule has 1 aliphatic heterocycles. The minimum Gasteiger partial charge on any atom is -0.491 e. The summed E-state index contributed by atoms with van der Waals surface area (Å²) in [5, 5.41) is 2.94. The Kier molecular flexibility index (Phi) is 7.03. The van der Waals surface area contributed by atoms with E-state index in [-0.39, 0.29) is 11.8 Å². The first-order valence-corrected chi connectivity index (χ1v) is 9.75. The molecule has 0 bridgehead atoms. The van der Waals surface area contributed by atoms with Crippen molar-refractivity contribution in [1.82, 2.24) is 9.80 Å². The maximum absolute atomic E-state index is 12.5. The number of anilines is 1. The quantitative estimate of drug-likeness (QED) is 0.801. The highest BCUT2D eigenvalue weighted by atomic mass is 16.5. The van der Waals surface area contributed by atoms with Gasteiger partial charge >= 0.3 is 0 Å². The summed E-state index contributed by atoms with van der Waals surface area (Å²) in [6.45, 7) is 5.57. The zero-order valence-electron chi connectivity index (χ0n) is 16.3. The number of amides is 2. The first-order chi connectivity index (χ1) is 13.7. The average molecular weight is 381 g/mol. The molecule has 6 heteroatoms. The lowest BCUT2D eigenvalue weighted by Gasteiger charge is -2.34. The Balaban J connectivity index is 1.48. The lowest BCUT2D eigenvalue weighted by atomic mass is 10.2. The van der Waals surface area contributed by atoms with Crippen LogP contribution in [0.5, 0.6) is 5.75 Å². The molecule has 0 atom stereocenters. The Bertz CT molecular complexity index is 787. The minimum atomic E-state index is -0.0737. The second-order valence-corrected chi connectivity index (χ2v) is 6.83. The summed E-state index contributed by atoms with van der Waals surface area (Å²) in [6, 6.07) is 16.8. The zero-order chi connectivity index (χ0) is 19.8. The minimum absolute atomic E-state index is 0.0479. The highest BCUT2D eigenvalue weighted by Gasteiger charge is 2.23. The lowest BCUT2D eigenvalue weighted by molar-refractivity contribution is -0.117. The van der Waals surface area contributed by atoms with Crippen LogP contribution in [0, 0.1) is 0 Å². The van der Waals surface area contributed by atoms with Crippen molar-refractivity contribution in [2.75, 3.05) is 44.6 Å². The van der Waals surface area contributed by atoms with Crippen LogP contribution >= 0.6 is 0 Å². The van der Waals surface area contributed by atoms with Gasteiger partial charge in [-0.2, -0.15) is 0 Å². The van der Waals surface area contributed by atoms with Crippen molar-refractivity contribution in [2.45, 2.75) is 13.3 Å². The number of rotatable bonds is 7. The summed E-state index contributed by atoms with van der Waals surface area (Å²) in [5.41, 5.74) is 1.40. The van der Waals surface area contributed by atoms with Gasteiger partial charge in [0.2, 0.25) is 5.91 Å². The maximum Gasteiger partial charge on any atom is 0.253 e. The predicted octanol–water partition coefficient (Wildman–Crippen LogP) is 2.87. The number of benzene rings is 2. The van der Waals surface area contributed by atoms with E-state index in [2.05, 4.69) is 10.2 Å². The summed E-state index contributed by atoms with van der Waals surface area (Å²) in [6.07, 6.45) is 0.911. The van der Waals surface area contributed by atoms with Crippen molar-refractivity contribution >= 4 is 17.5 Å². The third-order valence-corrected chi connectivity index (χ3v) is 4.67. The summed E-state index contributed by atoms with van der Waals surface area (Å²) in [4.78, 5) is 28.9. The maximum atomic E-state index is 12.5. The average Bonchev–Trinajstić information content (AvgIpc) is 2.74. The van der Waals surface area contributed by atoms with Gasteiger partial charge in [0.05, 0.1) is 18.8 Å². The summed E-state index contributed by atoms with van der Waals surface area (Å²) in [7, 11) is 0. The zero-order valence-corrected chi connectivity index (χ0v) is 16.3. The molecule has 0 radical (unpaired) electrons. The number of carbonyl (C=O) groups excluding carboxylic acids is 2. The lowest BCUT2D eigenvalue weighted by Crippen LogP contribution is -2.50. The van der Waals surface area contributed by atoms with Crippen LogP contribution in [0.15, 0.2) is 54.6 Å². The topological polar surface area (TPSA) is 61.9 Å². The molecule has 6 nitrogen and oxygen atoms in total. The van der Waals surface area contributed by atoms with Crippen molar-refractivity contribution in [3.63, 3.8) is 0 Å². The highest BCUT2D eigenvalue weighted by molar-refractivity contribution is 5.95. The van der Waals surface area contributed by atoms with E-state index in [0.29, 0.717) is 56.3 Å². The smallest absolute Gasteiger partial charge is 0.253 e. The third-order valence-electron chi connectivity index (χ3n) is 4.67. The van der Waals surface area contributed by atoms with E-state index in [1.807, 2.05) is 66.4 Å². The fourth-order valence-electron chi connectivity index (χ4n) is 3.17. The fraction of sp³-hybridized carbons (Fsp3) is 0.364. The van der Waals surface area contributed by atoms with Crippen LogP contribution in [0.1, 0.15) is 23.7 Å². The first kappa shape index (κ1) is 19.9. The molecule has 2 aromatic rings. The molecule has 28 heavy (non-hydrogen) atoms. The Morgan fingerprint density at radius 1 is 0.964 bits per heavy atom. The number of nitrogens with zero attached hydrogens (tertiary/aromatic N) is 2. The van der Waals surface area contributed by atoms with Gasteiger partial charge in [0.15, 0.2) is 0 Å². The van der Waals surface area contributed by atoms with E-state index in [9.17, 15) is 9.59 Å². The van der Waals surface area contributed by atoms with Crippen molar-refractivity contribution in [1.29, 1.82) is 0 Å². The fourth-order valence-corrected chi connectivity index (χ4v) is 3.17. The molecule has 0 spiro atoms. The number of para-hydroxylation sites is 2. The Morgan fingerprint density at radius 2 is 1.64 bits per heavy atom. The van der Waals surface area contributed by atoms with Gasteiger partial charge in [0.1, 0.15) is 5.75 Å². The number of nitrogens with one attached hydrogen (secondary N) is 1.